The highest BCUT2D eigenvalue weighted by Crippen LogP contribution is 2.38. The summed E-state index contributed by atoms with van der Waals surface area (Å²) >= 11 is 1.16. The molecule has 1 aliphatic heterocycles. The Kier molecular flexibility index (Phi) is 5.03. The van der Waals surface area contributed by atoms with Crippen LogP contribution >= 0.6 is 11.3 Å². The number of nitrogen functional groups attached to an aromatic ring is 1. The molecule has 1 fully saturated rings. The lowest BCUT2D eigenvalue weighted by Crippen LogP contribution is -2.28. The Labute approximate surface area is 127 Å². The van der Waals surface area contributed by atoms with Crippen molar-refractivity contribution >= 4 is 33.9 Å². The average Bonchev–Trinajstić information content (AvgIpc) is 2.63. The number of primary amides is 1. The molecule has 116 valence electrons. The first-order valence-corrected chi connectivity index (χ1v) is 7.72. The summed E-state index contributed by atoms with van der Waals surface area (Å²) in [4.78, 5) is 25.9. The van der Waals surface area contributed by atoms with E-state index in [-0.39, 0.29) is 22.7 Å². The smallest absolute Gasteiger partial charge is 0.343 e. The van der Waals surface area contributed by atoms with Gasteiger partial charge in [0, 0.05) is 19.6 Å². The summed E-state index contributed by atoms with van der Waals surface area (Å²) in [6.45, 7) is 5.24. The van der Waals surface area contributed by atoms with E-state index in [1.54, 1.807) is 6.92 Å². The normalized spacial score (nSPS) is 15.6. The number of hydrogen-bond acceptors (Lipinski definition) is 7. The number of esters is 1. The van der Waals surface area contributed by atoms with Gasteiger partial charge in [-0.25, -0.2) is 4.79 Å². The van der Waals surface area contributed by atoms with E-state index in [1.807, 2.05) is 0 Å². The lowest BCUT2D eigenvalue weighted by atomic mass is 10.2. The molecule has 0 aromatic carbocycles. The predicted molar refractivity (Wildman–Crippen MR) is 82.9 cm³/mol. The highest BCUT2D eigenvalue weighted by Gasteiger charge is 2.28. The fourth-order valence-corrected chi connectivity index (χ4v) is 3.40. The van der Waals surface area contributed by atoms with Crippen LogP contribution in [0, 0.1) is 0 Å². The van der Waals surface area contributed by atoms with Crippen molar-refractivity contribution in [3.05, 3.63) is 10.4 Å². The summed E-state index contributed by atoms with van der Waals surface area (Å²) in [5, 5.41) is 3.96. The number of nitrogens with one attached hydrogen (secondary N) is 1. The molecule has 1 aromatic heterocycles. The van der Waals surface area contributed by atoms with Gasteiger partial charge in [0.1, 0.15) is 15.4 Å². The van der Waals surface area contributed by atoms with Gasteiger partial charge in [0.15, 0.2) is 0 Å². The summed E-state index contributed by atoms with van der Waals surface area (Å²) in [5.41, 5.74) is 11.7. The molecule has 1 aromatic rings. The van der Waals surface area contributed by atoms with E-state index in [0.717, 1.165) is 43.9 Å². The molecule has 7 nitrogen and oxygen atoms in total. The standard InChI is InChI=1S/C13H20N4O3S/c1-2-20-13(19)8-9(14)10(11(15)18)21-12(8)17-6-3-4-16-5-7-17/h16H,2-7,14H2,1H3,(H2,15,18). The van der Waals surface area contributed by atoms with Crippen molar-refractivity contribution in [2.45, 2.75) is 13.3 Å². The van der Waals surface area contributed by atoms with E-state index in [4.69, 9.17) is 16.2 Å². The van der Waals surface area contributed by atoms with Crippen molar-refractivity contribution < 1.29 is 14.3 Å². The van der Waals surface area contributed by atoms with Gasteiger partial charge in [-0.1, -0.05) is 0 Å². The SMILES string of the molecule is CCOC(=O)c1c(N2CCCNCC2)sc(C(N)=O)c1N. The highest BCUT2D eigenvalue weighted by atomic mass is 32.1. The van der Waals surface area contributed by atoms with Crippen LogP contribution in [0.25, 0.3) is 0 Å². The number of rotatable bonds is 4. The number of anilines is 2. The minimum Gasteiger partial charge on any atom is -0.462 e. The maximum absolute atomic E-state index is 12.2. The van der Waals surface area contributed by atoms with Crippen molar-refractivity contribution in [2.24, 2.45) is 5.73 Å². The number of nitrogens with zero attached hydrogens (tertiary/aromatic N) is 1. The number of amides is 1. The maximum Gasteiger partial charge on any atom is 0.343 e. The summed E-state index contributed by atoms with van der Waals surface area (Å²) < 4.78 is 5.06. The third kappa shape index (κ3) is 3.27. The summed E-state index contributed by atoms with van der Waals surface area (Å²) in [6, 6.07) is 0. The maximum atomic E-state index is 12.2. The predicted octanol–water partition coefficient (Wildman–Crippen LogP) is 0.406. The summed E-state index contributed by atoms with van der Waals surface area (Å²) in [7, 11) is 0. The molecular weight excluding hydrogens is 292 g/mol. The van der Waals surface area contributed by atoms with Gasteiger partial charge >= 0.3 is 5.97 Å². The number of nitrogens with two attached hydrogens (primary N) is 2. The van der Waals surface area contributed by atoms with E-state index < -0.39 is 11.9 Å². The molecule has 5 N–H and O–H groups in total. The van der Waals surface area contributed by atoms with E-state index in [2.05, 4.69) is 10.2 Å². The van der Waals surface area contributed by atoms with Crippen LogP contribution < -0.4 is 21.7 Å². The second-order valence-electron chi connectivity index (χ2n) is 4.70. The number of hydrogen-bond donors (Lipinski definition) is 3. The molecular formula is C13H20N4O3S. The first kappa shape index (κ1) is 15.6. The topological polar surface area (TPSA) is 111 Å². The average molecular weight is 312 g/mol. The zero-order chi connectivity index (χ0) is 15.4. The van der Waals surface area contributed by atoms with Gasteiger partial charge in [-0.3, -0.25) is 4.79 Å². The van der Waals surface area contributed by atoms with Crippen LogP contribution in [0.3, 0.4) is 0 Å². The third-order valence-corrected chi connectivity index (χ3v) is 4.54. The molecule has 0 radical (unpaired) electrons. The van der Waals surface area contributed by atoms with Crippen LogP contribution in [0.15, 0.2) is 0 Å². The van der Waals surface area contributed by atoms with Gasteiger partial charge in [-0.2, -0.15) is 0 Å². The van der Waals surface area contributed by atoms with Crippen molar-refractivity contribution in [1.29, 1.82) is 0 Å². The largest absolute Gasteiger partial charge is 0.462 e. The molecule has 1 saturated heterocycles. The van der Waals surface area contributed by atoms with Gasteiger partial charge in [0.2, 0.25) is 0 Å². The van der Waals surface area contributed by atoms with Crippen molar-refractivity contribution in [3.63, 3.8) is 0 Å². The van der Waals surface area contributed by atoms with Crippen LogP contribution in [0.4, 0.5) is 10.7 Å². The van der Waals surface area contributed by atoms with Gasteiger partial charge in [-0.15, -0.1) is 11.3 Å². The van der Waals surface area contributed by atoms with Gasteiger partial charge in [0.05, 0.1) is 12.3 Å². The van der Waals surface area contributed by atoms with Crippen LogP contribution in [0.2, 0.25) is 0 Å². The molecule has 1 aliphatic rings. The van der Waals surface area contributed by atoms with Gasteiger partial charge < -0.3 is 26.4 Å². The fraction of sp³-hybridized carbons (Fsp3) is 0.538. The summed E-state index contributed by atoms with van der Waals surface area (Å²) in [5.74, 6) is -1.13. The number of ether oxygens (including phenoxy) is 1. The zero-order valence-corrected chi connectivity index (χ0v) is 12.8. The zero-order valence-electron chi connectivity index (χ0n) is 12.0. The quantitative estimate of drug-likeness (QED) is 0.694. The number of carbonyl (C=O) groups is 2. The molecule has 1 amide bonds. The molecule has 21 heavy (non-hydrogen) atoms. The minimum absolute atomic E-state index is 0.123. The molecule has 0 spiro atoms. The molecule has 0 saturated carbocycles. The molecule has 2 heterocycles. The Bertz CT molecular complexity index is 536. The number of thiophene rings is 1. The Balaban J connectivity index is 2.44. The van der Waals surface area contributed by atoms with Gasteiger partial charge in [0.25, 0.3) is 5.91 Å². The first-order valence-electron chi connectivity index (χ1n) is 6.91. The van der Waals surface area contributed by atoms with E-state index in [0.29, 0.717) is 5.00 Å². The van der Waals surface area contributed by atoms with Crippen molar-refractivity contribution in [2.75, 3.05) is 43.4 Å². The first-order chi connectivity index (χ1) is 10.1. The Morgan fingerprint density at radius 2 is 2.14 bits per heavy atom. The molecule has 0 aliphatic carbocycles. The second kappa shape index (κ2) is 6.77. The molecule has 8 heteroatoms. The monoisotopic (exact) mass is 312 g/mol. The van der Waals surface area contributed by atoms with Crippen molar-refractivity contribution in [3.8, 4) is 0 Å². The van der Waals surface area contributed by atoms with Crippen LogP contribution in [0.5, 0.6) is 0 Å². The van der Waals surface area contributed by atoms with Crippen LogP contribution in [0.1, 0.15) is 33.4 Å². The highest BCUT2D eigenvalue weighted by molar-refractivity contribution is 7.19. The molecule has 2 rings (SSSR count). The van der Waals surface area contributed by atoms with Crippen molar-refractivity contribution in [1.82, 2.24) is 5.32 Å². The van der Waals surface area contributed by atoms with Crippen LogP contribution in [-0.2, 0) is 4.74 Å². The second-order valence-corrected chi connectivity index (χ2v) is 5.70. The lowest BCUT2D eigenvalue weighted by molar-refractivity contribution is 0.0529. The molecule has 0 atom stereocenters. The third-order valence-electron chi connectivity index (χ3n) is 3.26. The number of carbonyl (C=O) groups excluding carboxylic acids is 2. The van der Waals surface area contributed by atoms with E-state index >= 15 is 0 Å². The lowest BCUT2D eigenvalue weighted by Gasteiger charge is -2.21. The fourth-order valence-electron chi connectivity index (χ4n) is 2.29. The van der Waals surface area contributed by atoms with Gasteiger partial charge in [-0.05, 0) is 19.9 Å². The Hall–Kier alpha value is -1.80. The molecule has 0 unspecified atom stereocenters. The summed E-state index contributed by atoms with van der Waals surface area (Å²) in [6.07, 6.45) is 0.950. The van der Waals surface area contributed by atoms with E-state index in [1.165, 1.54) is 0 Å². The molecule has 0 bridgehead atoms. The van der Waals surface area contributed by atoms with E-state index in [9.17, 15) is 9.59 Å². The Morgan fingerprint density at radius 3 is 2.81 bits per heavy atom. The minimum atomic E-state index is -0.623. The van der Waals surface area contributed by atoms with Crippen LogP contribution in [-0.4, -0.2) is 44.7 Å². The Morgan fingerprint density at radius 1 is 1.38 bits per heavy atom.